The Balaban J connectivity index is 0.00000139. The summed E-state index contributed by atoms with van der Waals surface area (Å²) in [4.78, 5) is 14.0. The van der Waals surface area contributed by atoms with E-state index >= 15 is 0 Å². The smallest absolute Gasteiger partial charge is 0.248 e. The number of piperidine rings is 2. The van der Waals surface area contributed by atoms with E-state index in [4.69, 9.17) is 9.47 Å². The van der Waals surface area contributed by atoms with Crippen molar-refractivity contribution in [2.24, 2.45) is 11.8 Å². The van der Waals surface area contributed by atoms with Crippen LogP contribution in [0, 0.1) is 11.8 Å². The number of hydrogen-bond acceptors (Lipinski definition) is 4. The maximum absolute atomic E-state index is 12.1. The second kappa shape index (κ2) is 12.7. The van der Waals surface area contributed by atoms with Crippen LogP contribution in [0.25, 0.3) is 0 Å². The summed E-state index contributed by atoms with van der Waals surface area (Å²) in [7, 11) is 0. The second-order valence-electron chi connectivity index (χ2n) is 6.83. The molecule has 2 heterocycles. The topological polar surface area (TPSA) is 50.8 Å². The Bertz CT molecular complexity index is 323. The van der Waals surface area contributed by atoms with E-state index in [1.54, 1.807) is 0 Å². The van der Waals surface area contributed by atoms with E-state index in [0.29, 0.717) is 19.3 Å². The van der Waals surface area contributed by atoms with E-state index in [9.17, 15) is 4.79 Å². The van der Waals surface area contributed by atoms with Crippen molar-refractivity contribution >= 4 is 5.91 Å². The SMILES string of the molecule is CC.CC(C)C1CCN(C(=O)COCCOC2CCNCC2)CC1. The van der Waals surface area contributed by atoms with Crippen molar-refractivity contribution in [1.82, 2.24) is 10.2 Å². The lowest BCUT2D eigenvalue weighted by atomic mass is 9.87. The Kier molecular flexibility index (Phi) is 11.3. The van der Waals surface area contributed by atoms with E-state index < -0.39 is 0 Å². The average molecular weight is 343 g/mol. The molecule has 0 aromatic rings. The molecule has 2 fully saturated rings. The fourth-order valence-electron chi connectivity index (χ4n) is 3.30. The number of nitrogens with one attached hydrogen (secondary N) is 1. The van der Waals surface area contributed by atoms with E-state index in [0.717, 1.165) is 63.7 Å². The third-order valence-electron chi connectivity index (χ3n) is 4.93. The highest BCUT2D eigenvalue weighted by Crippen LogP contribution is 2.24. The number of carbonyl (C=O) groups excluding carboxylic acids is 1. The summed E-state index contributed by atoms with van der Waals surface area (Å²) in [5, 5.41) is 3.32. The lowest BCUT2D eigenvalue weighted by Gasteiger charge is -2.33. The van der Waals surface area contributed by atoms with Crippen molar-refractivity contribution in [3.05, 3.63) is 0 Å². The molecule has 2 aliphatic rings. The van der Waals surface area contributed by atoms with Gasteiger partial charge in [-0.15, -0.1) is 0 Å². The molecule has 0 aromatic carbocycles. The second-order valence-corrected chi connectivity index (χ2v) is 6.83. The third kappa shape index (κ3) is 7.95. The summed E-state index contributed by atoms with van der Waals surface area (Å²) in [6.07, 6.45) is 4.76. The number of amides is 1. The minimum atomic E-state index is 0.129. The lowest BCUT2D eigenvalue weighted by Crippen LogP contribution is -2.41. The van der Waals surface area contributed by atoms with Gasteiger partial charge in [0.1, 0.15) is 6.61 Å². The zero-order chi connectivity index (χ0) is 17.8. The van der Waals surface area contributed by atoms with Crippen LogP contribution in [-0.2, 0) is 14.3 Å². The van der Waals surface area contributed by atoms with Gasteiger partial charge in [0.15, 0.2) is 0 Å². The molecule has 2 rings (SSSR count). The van der Waals surface area contributed by atoms with Gasteiger partial charge >= 0.3 is 0 Å². The predicted octanol–water partition coefficient (Wildman–Crippen LogP) is 2.69. The van der Waals surface area contributed by atoms with Crippen molar-refractivity contribution in [1.29, 1.82) is 0 Å². The summed E-state index contributed by atoms with van der Waals surface area (Å²) < 4.78 is 11.2. The van der Waals surface area contributed by atoms with E-state index in [1.165, 1.54) is 0 Å². The summed E-state index contributed by atoms with van der Waals surface area (Å²) in [6, 6.07) is 0. The van der Waals surface area contributed by atoms with Crippen LogP contribution in [0.15, 0.2) is 0 Å². The normalized spacial score (nSPS) is 20.0. The van der Waals surface area contributed by atoms with Gasteiger partial charge in [-0.3, -0.25) is 4.79 Å². The van der Waals surface area contributed by atoms with Crippen LogP contribution >= 0.6 is 0 Å². The van der Waals surface area contributed by atoms with Gasteiger partial charge in [0, 0.05) is 13.1 Å². The van der Waals surface area contributed by atoms with Gasteiger partial charge in [-0.1, -0.05) is 27.7 Å². The number of likely N-dealkylation sites (tertiary alicyclic amines) is 1. The zero-order valence-electron chi connectivity index (χ0n) is 16.2. The monoisotopic (exact) mass is 342 g/mol. The molecule has 0 spiro atoms. The molecule has 0 atom stereocenters. The zero-order valence-corrected chi connectivity index (χ0v) is 16.2. The molecule has 0 radical (unpaired) electrons. The Morgan fingerprint density at radius 3 is 2.29 bits per heavy atom. The Labute approximate surface area is 148 Å². The summed E-state index contributed by atoms with van der Waals surface area (Å²) in [5.74, 6) is 1.62. The van der Waals surface area contributed by atoms with Gasteiger partial charge in [0.05, 0.1) is 19.3 Å². The first-order valence-corrected chi connectivity index (χ1v) is 9.84. The molecular weight excluding hydrogens is 304 g/mol. The van der Waals surface area contributed by atoms with Crippen molar-refractivity contribution in [3.63, 3.8) is 0 Å². The fraction of sp³-hybridized carbons (Fsp3) is 0.947. The Morgan fingerprint density at radius 2 is 1.71 bits per heavy atom. The Hall–Kier alpha value is -0.650. The number of hydrogen-bond donors (Lipinski definition) is 1. The average Bonchev–Trinajstić information content (AvgIpc) is 2.64. The van der Waals surface area contributed by atoms with Crippen LogP contribution in [-0.4, -0.2) is 62.9 Å². The van der Waals surface area contributed by atoms with Crippen LogP contribution in [0.4, 0.5) is 0 Å². The summed E-state index contributed by atoms with van der Waals surface area (Å²) in [5.41, 5.74) is 0. The molecular formula is C19H38N2O3. The molecule has 0 aliphatic carbocycles. The van der Waals surface area contributed by atoms with Crippen LogP contribution < -0.4 is 5.32 Å². The molecule has 1 amide bonds. The third-order valence-corrected chi connectivity index (χ3v) is 4.93. The molecule has 2 aliphatic heterocycles. The number of nitrogens with zero attached hydrogens (tertiary/aromatic N) is 1. The first kappa shape index (κ1) is 21.4. The molecule has 5 heteroatoms. The molecule has 0 saturated carbocycles. The van der Waals surface area contributed by atoms with Crippen LogP contribution in [0.2, 0.25) is 0 Å². The minimum Gasteiger partial charge on any atom is -0.376 e. The summed E-state index contributed by atoms with van der Waals surface area (Å²) >= 11 is 0. The molecule has 5 nitrogen and oxygen atoms in total. The summed E-state index contributed by atoms with van der Waals surface area (Å²) in [6.45, 7) is 13.7. The van der Waals surface area contributed by atoms with Crippen molar-refractivity contribution in [2.75, 3.05) is 46.0 Å². The highest BCUT2D eigenvalue weighted by atomic mass is 16.5. The van der Waals surface area contributed by atoms with Gasteiger partial charge in [-0.2, -0.15) is 0 Å². The van der Waals surface area contributed by atoms with Crippen LogP contribution in [0.5, 0.6) is 0 Å². The van der Waals surface area contributed by atoms with Gasteiger partial charge in [-0.05, 0) is 50.6 Å². The van der Waals surface area contributed by atoms with Gasteiger partial charge in [-0.25, -0.2) is 0 Å². The highest BCUT2D eigenvalue weighted by Gasteiger charge is 2.24. The maximum Gasteiger partial charge on any atom is 0.248 e. The fourth-order valence-corrected chi connectivity index (χ4v) is 3.30. The molecule has 0 unspecified atom stereocenters. The minimum absolute atomic E-state index is 0.129. The molecule has 0 aromatic heterocycles. The van der Waals surface area contributed by atoms with Crippen molar-refractivity contribution in [2.45, 2.75) is 59.5 Å². The number of ether oxygens (including phenoxy) is 2. The van der Waals surface area contributed by atoms with Crippen molar-refractivity contribution < 1.29 is 14.3 Å². The molecule has 1 N–H and O–H groups in total. The standard InChI is InChI=1S/C17H32N2O3.C2H6/c1-14(2)15-5-9-19(10-6-15)17(20)13-21-11-12-22-16-3-7-18-8-4-16;1-2/h14-16,18H,3-13H2,1-2H3;1-2H3. The largest absolute Gasteiger partial charge is 0.376 e. The van der Waals surface area contributed by atoms with Gasteiger partial charge in [0.2, 0.25) is 5.91 Å². The van der Waals surface area contributed by atoms with E-state index in [2.05, 4.69) is 19.2 Å². The molecule has 2 saturated heterocycles. The molecule has 142 valence electrons. The predicted molar refractivity (Wildman–Crippen MR) is 98.2 cm³/mol. The highest BCUT2D eigenvalue weighted by molar-refractivity contribution is 5.77. The number of rotatable bonds is 7. The van der Waals surface area contributed by atoms with Crippen LogP contribution in [0.3, 0.4) is 0 Å². The molecule has 24 heavy (non-hydrogen) atoms. The Morgan fingerprint density at radius 1 is 1.08 bits per heavy atom. The van der Waals surface area contributed by atoms with E-state index in [-0.39, 0.29) is 12.5 Å². The maximum atomic E-state index is 12.1. The van der Waals surface area contributed by atoms with Gasteiger partial charge < -0.3 is 19.7 Å². The number of carbonyl (C=O) groups is 1. The first-order valence-electron chi connectivity index (χ1n) is 9.84. The van der Waals surface area contributed by atoms with Crippen molar-refractivity contribution in [3.8, 4) is 0 Å². The van der Waals surface area contributed by atoms with Gasteiger partial charge in [0.25, 0.3) is 0 Å². The molecule has 0 bridgehead atoms. The lowest BCUT2D eigenvalue weighted by molar-refractivity contribution is -0.138. The van der Waals surface area contributed by atoms with Crippen LogP contribution in [0.1, 0.15) is 53.4 Å². The first-order chi connectivity index (χ1) is 11.7. The quantitative estimate of drug-likeness (QED) is 0.723. The van der Waals surface area contributed by atoms with E-state index in [1.807, 2.05) is 18.7 Å².